The number of nitrogens with zero attached hydrogens (tertiary/aromatic N) is 1. The fourth-order valence-corrected chi connectivity index (χ4v) is 5.52. The van der Waals surface area contributed by atoms with Crippen molar-refractivity contribution >= 4 is 82.2 Å². The van der Waals surface area contributed by atoms with Crippen LogP contribution in [0.2, 0.25) is 0 Å². The fourth-order valence-electron chi connectivity index (χ4n) is 5.52. The topological polar surface area (TPSA) is 223 Å². The molecule has 63 heavy (non-hydrogen) atoms. The van der Waals surface area contributed by atoms with E-state index in [1.807, 2.05) is 0 Å². The zero-order valence-corrected chi connectivity index (χ0v) is 34.3. The third-order valence-electron chi connectivity index (χ3n) is 8.66. The van der Waals surface area contributed by atoms with Gasteiger partial charge in [0.25, 0.3) is 0 Å². The molecular weight excluding hydrogens is 817 g/mol. The Morgan fingerprint density at radius 2 is 0.984 bits per heavy atom. The molecule has 4 rings (SSSR count). The largest absolute Gasteiger partial charge is 0.473 e. The first kappa shape index (κ1) is 48.4. The highest BCUT2D eigenvalue weighted by atomic mass is 16.6. The Bertz CT molecular complexity index is 2240. The van der Waals surface area contributed by atoms with Crippen LogP contribution in [0.4, 0.5) is 41.0 Å². The summed E-state index contributed by atoms with van der Waals surface area (Å²) >= 11 is 0. The van der Waals surface area contributed by atoms with Gasteiger partial charge in [-0.3, -0.25) is 39.5 Å². The molecule has 0 aliphatic heterocycles. The first-order chi connectivity index (χ1) is 30.2. The van der Waals surface area contributed by atoms with Crippen molar-refractivity contribution in [2.45, 2.75) is 52.5 Å². The van der Waals surface area contributed by atoms with Gasteiger partial charge >= 0.3 is 12.2 Å². The van der Waals surface area contributed by atoms with Gasteiger partial charge in [-0.15, -0.1) is 0 Å². The number of ether oxygens (including phenoxy) is 7. The first-order valence-corrected chi connectivity index (χ1v) is 18.9. The van der Waals surface area contributed by atoms with Crippen molar-refractivity contribution in [1.82, 2.24) is 5.32 Å². The summed E-state index contributed by atoms with van der Waals surface area (Å²) in [6.07, 6.45) is -1.73. The van der Waals surface area contributed by atoms with Crippen molar-refractivity contribution in [3.63, 3.8) is 0 Å². The second-order valence-electron chi connectivity index (χ2n) is 13.2. The number of carbonyl (C=O) groups excluding carboxylic acids is 7. The molecule has 0 fully saturated rings. The van der Waals surface area contributed by atoms with Gasteiger partial charge in [-0.1, -0.05) is 36.4 Å². The lowest BCUT2D eigenvalue weighted by atomic mass is 10.1. The standard InChI is InChI=1S/C42H41B3N4O14/c1-46-36(50)15-16-37(51)49(25-63-33-11-5-27(6-12-33)20-62-41(55)47-34-13-7-28(21-58-38(43)52)17-30(34)23-57-2)32-9-3-26(4-10-32)19-61-42(56)48-35-14-8-29(22-59-39(44)53)18-31(35)24-60-40(45)54/h3-14,17-18H,15-16,19-25H2,1-2H3,(H,46,50)(H,47,55)(H,48,56). The highest BCUT2D eigenvalue weighted by molar-refractivity contribution is 6.55. The molecule has 0 unspecified atom stereocenters. The molecule has 0 spiro atoms. The zero-order chi connectivity index (χ0) is 45.7. The number of benzene rings is 4. The van der Waals surface area contributed by atoms with Gasteiger partial charge in [-0.05, 0) is 70.8 Å². The quantitative estimate of drug-likeness (QED) is 0.0524. The molecular formula is C42H41B3N4O14. The Morgan fingerprint density at radius 3 is 1.46 bits per heavy atom. The average molecular weight is 858 g/mol. The number of hydrogen-bond donors (Lipinski definition) is 3. The van der Waals surface area contributed by atoms with E-state index in [-0.39, 0.29) is 70.8 Å². The summed E-state index contributed by atoms with van der Waals surface area (Å²) in [6.45, 7) is -0.807. The van der Waals surface area contributed by atoms with Crippen molar-refractivity contribution in [2.24, 2.45) is 0 Å². The summed E-state index contributed by atoms with van der Waals surface area (Å²) < 4.78 is 36.4. The molecule has 3 N–H and O–H groups in total. The first-order valence-electron chi connectivity index (χ1n) is 18.9. The minimum atomic E-state index is -1.04. The summed E-state index contributed by atoms with van der Waals surface area (Å²) in [6, 6.07) is 22.7. The summed E-state index contributed by atoms with van der Waals surface area (Å²) in [7, 11) is 18.1. The van der Waals surface area contributed by atoms with Gasteiger partial charge in [0, 0.05) is 49.5 Å². The normalized spacial score (nSPS) is 10.4. The van der Waals surface area contributed by atoms with Crippen LogP contribution in [0.1, 0.15) is 46.2 Å². The van der Waals surface area contributed by atoms with E-state index in [4.69, 9.17) is 56.7 Å². The molecule has 18 nitrogen and oxygen atoms in total. The second kappa shape index (κ2) is 24.9. The molecule has 6 radical (unpaired) electrons. The fraction of sp³-hybridized carbons (Fsp3) is 0.262. The van der Waals surface area contributed by atoms with Crippen LogP contribution in [0.25, 0.3) is 0 Å². The molecule has 4 aromatic rings. The lowest BCUT2D eigenvalue weighted by Gasteiger charge is -2.23. The Kier molecular flexibility index (Phi) is 19.1. The second-order valence-corrected chi connectivity index (χ2v) is 13.2. The molecule has 0 heterocycles. The van der Waals surface area contributed by atoms with E-state index in [0.717, 1.165) is 0 Å². The summed E-state index contributed by atoms with van der Waals surface area (Å²) in [5, 5.41) is 7.73. The zero-order valence-electron chi connectivity index (χ0n) is 34.3. The van der Waals surface area contributed by atoms with Crippen LogP contribution >= 0.6 is 0 Å². The van der Waals surface area contributed by atoms with E-state index >= 15 is 0 Å². The predicted octanol–water partition coefficient (Wildman–Crippen LogP) is 5.64. The SMILES string of the molecule is [B]C(=O)OCc1ccc(NC(=O)OCc2ccc(OCN(C(=O)CCC(=O)NC)c3ccc(COC(=O)Nc4ccc(COC([B])=O)cc4COC([B])=O)cc3)cc2)c(COC)c1. The van der Waals surface area contributed by atoms with Crippen LogP contribution in [0.5, 0.6) is 5.75 Å². The molecule has 0 aromatic heterocycles. The van der Waals surface area contributed by atoms with Gasteiger partial charge in [0.15, 0.2) is 6.73 Å². The summed E-state index contributed by atoms with van der Waals surface area (Å²) in [4.78, 5) is 85.2. The van der Waals surface area contributed by atoms with Crippen molar-refractivity contribution in [1.29, 1.82) is 0 Å². The third-order valence-corrected chi connectivity index (χ3v) is 8.66. The maximum absolute atomic E-state index is 13.4. The Balaban J connectivity index is 1.34. The van der Waals surface area contributed by atoms with Crippen molar-refractivity contribution in [2.75, 3.05) is 36.4 Å². The molecule has 4 aromatic carbocycles. The van der Waals surface area contributed by atoms with Crippen molar-refractivity contribution < 1.29 is 66.7 Å². The van der Waals surface area contributed by atoms with Crippen LogP contribution in [0, 0.1) is 0 Å². The smallest absolute Gasteiger partial charge is 0.411 e. The minimum Gasteiger partial charge on any atom is -0.473 e. The Morgan fingerprint density at radius 1 is 0.540 bits per heavy atom. The van der Waals surface area contributed by atoms with Gasteiger partial charge in [0.1, 0.15) is 38.8 Å². The number of anilines is 3. The molecule has 0 aliphatic rings. The van der Waals surface area contributed by atoms with Crippen molar-refractivity contribution in [3.05, 3.63) is 118 Å². The molecule has 4 amide bonds. The van der Waals surface area contributed by atoms with Gasteiger partial charge in [-0.2, -0.15) is 0 Å². The lowest BCUT2D eigenvalue weighted by Crippen LogP contribution is -2.35. The van der Waals surface area contributed by atoms with E-state index in [2.05, 4.69) is 16.0 Å². The van der Waals surface area contributed by atoms with E-state index in [9.17, 15) is 33.6 Å². The van der Waals surface area contributed by atoms with E-state index < -0.39 is 35.7 Å². The molecule has 0 saturated heterocycles. The van der Waals surface area contributed by atoms with Gasteiger partial charge in [-0.25, -0.2) is 9.59 Å². The van der Waals surface area contributed by atoms with Crippen LogP contribution in [0.3, 0.4) is 0 Å². The molecule has 21 heteroatoms. The van der Waals surface area contributed by atoms with E-state index in [1.54, 1.807) is 72.8 Å². The summed E-state index contributed by atoms with van der Waals surface area (Å²) in [5.74, 6) is -3.26. The van der Waals surface area contributed by atoms with Crippen molar-refractivity contribution in [3.8, 4) is 5.75 Å². The molecule has 0 aliphatic carbocycles. The van der Waals surface area contributed by atoms with Gasteiger partial charge in [0.2, 0.25) is 53.0 Å². The molecule has 0 bridgehead atoms. The minimum absolute atomic E-state index is 0.0448. The van der Waals surface area contributed by atoms with Gasteiger partial charge < -0.3 is 38.5 Å². The van der Waals surface area contributed by atoms with Crippen LogP contribution < -0.4 is 25.6 Å². The maximum atomic E-state index is 13.4. The lowest BCUT2D eigenvalue weighted by molar-refractivity contribution is -0.125. The molecule has 0 atom stereocenters. The number of hydrogen-bond acceptors (Lipinski definition) is 14. The average Bonchev–Trinajstić information content (AvgIpc) is 3.26. The maximum Gasteiger partial charge on any atom is 0.411 e. The summed E-state index contributed by atoms with van der Waals surface area (Å²) in [5.41, 5.74) is 4.42. The number of methoxy groups -OCH3 is 1. The number of amides is 4. The van der Waals surface area contributed by atoms with E-state index in [1.165, 1.54) is 31.2 Å². The highest BCUT2D eigenvalue weighted by Gasteiger charge is 2.19. The van der Waals surface area contributed by atoms with Gasteiger partial charge in [0.05, 0.1) is 12.3 Å². The van der Waals surface area contributed by atoms with Crippen LogP contribution in [0.15, 0.2) is 84.9 Å². The predicted molar refractivity (Wildman–Crippen MR) is 228 cm³/mol. The Labute approximate surface area is 366 Å². The monoisotopic (exact) mass is 858 g/mol. The van der Waals surface area contributed by atoms with E-state index in [0.29, 0.717) is 50.5 Å². The Hall–Kier alpha value is -7.28. The molecule has 322 valence electrons. The van der Waals surface area contributed by atoms with Crippen LogP contribution in [-0.2, 0) is 77.7 Å². The number of rotatable bonds is 21. The highest BCUT2D eigenvalue weighted by Crippen LogP contribution is 2.23. The molecule has 0 saturated carbocycles. The third kappa shape index (κ3) is 17.0. The van der Waals surface area contributed by atoms with Crippen LogP contribution in [-0.4, -0.2) is 86.0 Å². The number of nitrogens with one attached hydrogen (secondary N) is 3. The number of carbonyl (C=O) groups is 7.